The van der Waals surface area contributed by atoms with Gasteiger partial charge in [0.05, 0.1) is 6.61 Å². The van der Waals surface area contributed by atoms with Crippen molar-refractivity contribution in [1.29, 1.82) is 0 Å². The number of ether oxygens (including phenoxy) is 1. The predicted molar refractivity (Wildman–Crippen MR) is 111 cm³/mol. The molecule has 1 amide bonds. The van der Waals surface area contributed by atoms with Crippen LogP contribution in [0.25, 0.3) is 10.8 Å². The summed E-state index contributed by atoms with van der Waals surface area (Å²) in [7, 11) is 0. The molecule has 3 aromatic rings. The summed E-state index contributed by atoms with van der Waals surface area (Å²) < 4.78 is 6.01. The van der Waals surface area contributed by atoms with Gasteiger partial charge in [0.15, 0.2) is 0 Å². The lowest BCUT2D eigenvalue weighted by Crippen LogP contribution is -2.25. The first kappa shape index (κ1) is 19.0. The normalized spacial score (nSPS) is 10.9. The van der Waals surface area contributed by atoms with E-state index in [1.165, 1.54) is 5.56 Å². The second-order valence-electron chi connectivity index (χ2n) is 7.22. The van der Waals surface area contributed by atoms with Crippen LogP contribution in [0.15, 0.2) is 66.7 Å². The van der Waals surface area contributed by atoms with E-state index in [0.29, 0.717) is 24.6 Å². The van der Waals surface area contributed by atoms with Crippen LogP contribution in [0, 0.1) is 5.92 Å². The highest BCUT2D eigenvalue weighted by molar-refractivity contribution is 6.00. The highest BCUT2D eigenvalue weighted by Gasteiger charge is 2.11. The lowest BCUT2D eigenvalue weighted by atomic mass is 10.0. The van der Waals surface area contributed by atoms with Crippen molar-refractivity contribution in [2.24, 2.45) is 5.92 Å². The summed E-state index contributed by atoms with van der Waals surface area (Å²) in [5, 5.41) is 5.08. The summed E-state index contributed by atoms with van der Waals surface area (Å²) in [5.41, 5.74) is 1.86. The number of fused-ring (bicyclic) bond motifs is 1. The minimum Gasteiger partial charge on any atom is -0.493 e. The summed E-state index contributed by atoms with van der Waals surface area (Å²) in [4.78, 5) is 12.6. The first-order valence-electron chi connectivity index (χ1n) is 9.61. The SMILES string of the molecule is CC(C)CCOc1cc(C(=O)NCCc2ccccc2)cc2ccccc12. The summed E-state index contributed by atoms with van der Waals surface area (Å²) in [6.07, 6.45) is 1.81. The first-order valence-corrected chi connectivity index (χ1v) is 9.61. The van der Waals surface area contributed by atoms with Gasteiger partial charge in [-0.25, -0.2) is 0 Å². The smallest absolute Gasteiger partial charge is 0.251 e. The van der Waals surface area contributed by atoms with Gasteiger partial charge >= 0.3 is 0 Å². The summed E-state index contributed by atoms with van der Waals surface area (Å²) in [6.45, 7) is 5.62. The van der Waals surface area contributed by atoms with Crippen LogP contribution in [0.5, 0.6) is 5.75 Å². The molecule has 0 aromatic heterocycles. The van der Waals surface area contributed by atoms with Crippen LogP contribution >= 0.6 is 0 Å². The van der Waals surface area contributed by atoms with E-state index in [4.69, 9.17) is 4.74 Å². The Morgan fingerprint density at radius 2 is 1.74 bits per heavy atom. The Labute approximate surface area is 161 Å². The molecule has 0 aliphatic rings. The Kier molecular flexibility index (Phi) is 6.48. The van der Waals surface area contributed by atoms with Gasteiger partial charge in [0, 0.05) is 17.5 Å². The third-order valence-electron chi connectivity index (χ3n) is 4.58. The molecule has 0 radical (unpaired) electrons. The van der Waals surface area contributed by atoms with Crippen LogP contribution in [-0.2, 0) is 6.42 Å². The molecular formula is C24H27NO2. The number of nitrogens with one attached hydrogen (secondary N) is 1. The third kappa shape index (κ3) is 5.33. The lowest BCUT2D eigenvalue weighted by molar-refractivity contribution is 0.0954. The molecule has 3 heteroatoms. The van der Waals surface area contributed by atoms with E-state index >= 15 is 0 Å². The van der Waals surface area contributed by atoms with Gasteiger partial charge in [0.25, 0.3) is 5.91 Å². The molecule has 0 aliphatic carbocycles. The predicted octanol–water partition coefficient (Wildman–Crippen LogP) is 5.24. The number of carbonyl (C=O) groups excluding carboxylic acids is 1. The average Bonchev–Trinajstić information content (AvgIpc) is 2.68. The standard InChI is InChI=1S/C24H27NO2/c1-18(2)13-15-27-23-17-21(16-20-10-6-7-11-22(20)23)24(26)25-14-12-19-8-4-3-5-9-19/h3-11,16-18H,12-15H2,1-2H3,(H,25,26). The van der Waals surface area contributed by atoms with Gasteiger partial charge in [-0.05, 0) is 41.8 Å². The largest absolute Gasteiger partial charge is 0.493 e. The molecule has 27 heavy (non-hydrogen) atoms. The Bertz CT molecular complexity index is 887. The Morgan fingerprint density at radius 1 is 1.00 bits per heavy atom. The molecule has 0 aliphatic heterocycles. The van der Waals surface area contributed by atoms with E-state index in [1.807, 2.05) is 54.6 Å². The molecule has 0 saturated heterocycles. The third-order valence-corrected chi connectivity index (χ3v) is 4.58. The van der Waals surface area contributed by atoms with Crippen LogP contribution in [0.4, 0.5) is 0 Å². The van der Waals surface area contributed by atoms with Crippen LogP contribution in [-0.4, -0.2) is 19.1 Å². The second kappa shape index (κ2) is 9.22. The number of rotatable bonds is 8. The molecule has 0 bridgehead atoms. The van der Waals surface area contributed by atoms with E-state index in [0.717, 1.165) is 29.4 Å². The van der Waals surface area contributed by atoms with Gasteiger partial charge in [0.2, 0.25) is 0 Å². The first-order chi connectivity index (χ1) is 13.1. The Hall–Kier alpha value is -2.81. The monoisotopic (exact) mass is 361 g/mol. The highest BCUT2D eigenvalue weighted by atomic mass is 16.5. The zero-order chi connectivity index (χ0) is 19.1. The zero-order valence-corrected chi connectivity index (χ0v) is 16.1. The maximum absolute atomic E-state index is 12.6. The number of carbonyl (C=O) groups is 1. The molecule has 0 heterocycles. The second-order valence-corrected chi connectivity index (χ2v) is 7.22. The maximum atomic E-state index is 12.6. The Morgan fingerprint density at radius 3 is 2.52 bits per heavy atom. The number of benzene rings is 3. The van der Waals surface area contributed by atoms with Crippen molar-refractivity contribution < 1.29 is 9.53 Å². The van der Waals surface area contributed by atoms with Gasteiger partial charge in [-0.2, -0.15) is 0 Å². The zero-order valence-electron chi connectivity index (χ0n) is 16.1. The molecular weight excluding hydrogens is 334 g/mol. The summed E-state index contributed by atoms with van der Waals surface area (Å²) in [6, 6.07) is 22.0. The van der Waals surface area contributed by atoms with Crippen molar-refractivity contribution in [3.8, 4) is 5.75 Å². The fraction of sp³-hybridized carbons (Fsp3) is 0.292. The van der Waals surface area contributed by atoms with Gasteiger partial charge in [-0.15, -0.1) is 0 Å². The van der Waals surface area contributed by atoms with Crippen molar-refractivity contribution in [2.75, 3.05) is 13.2 Å². The van der Waals surface area contributed by atoms with Gasteiger partial charge in [-0.3, -0.25) is 4.79 Å². The molecule has 3 nitrogen and oxygen atoms in total. The van der Waals surface area contributed by atoms with Gasteiger partial charge < -0.3 is 10.1 Å². The molecule has 0 saturated carbocycles. The molecule has 3 rings (SSSR count). The number of hydrogen-bond donors (Lipinski definition) is 1. The molecule has 0 atom stereocenters. The van der Waals surface area contributed by atoms with Crippen LogP contribution < -0.4 is 10.1 Å². The minimum absolute atomic E-state index is 0.0645. The topological polar surface area (TPSA) is 38.3 Å². The summed E-state index contributed by atoms with van der Waals surface area (Å²) in [5.74, 6) is 1.30. The van der Waals surface area contributed by atoms with Gasteiger partial charge in [0.1, 0.15) is 5.75 Å². The van der Waals surface area contributed by atoms with Crippen LogP contribution in [0.1, 0.15) is 36.2 Å². The number of amides is 1. The van der Waals surface area contributed by atoms with Crippen molar-refractivity contribution in [3.63, 3.8) is 0 Å². The summed E-state index contributed by atoms with van der Waals surface area (Å²) >= 11 is 0. The van der Waals surface area contributed by atoms with Crippen molar-refractivity contribution in [3.05, 3.63) is 77.9 Å². The molecule has 1 N–H and O–H groups in total. The average molecular weight is 361 g/mol. The van der Waals surface area contributed by atoms with E-state index < -0.39 is 0 Å². The molecule has 140 valence electrons. The fourth-order valence-corrected chi connectivity index (χ4v) is 3.00. The Balaban J connectivity index is 1.71. The minimum atomic E-state index is -0.0645. The fourth-order valence-electron chi connectivity index (χ4n) is 3.00. The van der Waals surface area contributed by atoms with Gasteiger partial charge in [-0.1, -0.05) is 68.4 Å². The highest BCUT2D eigenvalue weighted by Crippen LogP contribution is 2.28. The van der Waals surface area contributed by atoms with E-state index in [9.17, 15) is 4.79 Å². The maximum Gasteiger partial charge on any atom is 0.251 e. The molecule has 0 fully saturated rings. The molecule has 3 aromatic carbocycles. The quantitative estimate of drug-likeness (QED) is 0.596. The molecule has 0 spiro atoms. The van der Waals surface area contributed by atoms with Crippen molar-refractivity contribution in [1.82, 2.24) is 5.32 Å². The van der Waals surface area contributed by atoms with Crippen molar-refractivity contribution in [2.45, 2.75) is 26.7 Å². The van der Waals surface area contributed by atoms with Crippen LogP contribution in [0.3, 0.4) is 0 Å². The number of hydrogen-bond acceptors (Lipinski definition) is 2. The van der Waals surface area contributed by atoms with E-state index in [1.54, 1.807) is 0 Å². The lowest BCUT2D eigenvalue weighted by Gasteiger charge is -2.13. The van der Waals surface area contributed by atoms with E-state index in [-0.39, 0.29) is 5.91 Å². The molecule has 0 unspecified atom stereocenters. The van der Waals surface area contributed by atoms with Crippen LogP contribution in [0.2, 0.25) is 0 Å². The van der Waals surface area contributed by atoms with Crippen molar-refractivity contribution >= 4 is 16.7 Å². The van der Waals surface area contributed by atoms with E-state index in [2.05, 4.69) is 31.3 Å².